The largest absolute Gasteiger partial charge is 0.395 e. The number of hydrogen-bond acceptors (Lipinski definition) is 3. The molecule has 2 N–H and O–H groups in total. The standard InChI is InChI=1S/C6H12Cl2O3/c7-1-6(3-10)11-4-5(8)2-9/h5-6,9-10H,1-4H2. The molecule has 0 spiro atoms. The van der Waals surface area contributed by atoms with E-state index < -0.39 is 5.38 Å². The molecule has 0 aliphatic heterocycles. The molecule has 5 heteroatoms. The molecular weight excluding hydrogens is 191 g/mol. The Morgan fingerprint density at radius 3 is 2.27 bits per heavy atom. The summed E-state index contributed by atoms with van der Waals surface area (Å²) >= 11 is 10.9. The molecule has 0 aromatic carbocycles. The maximum atomic E-state index is 8.60. The van der Waals surface area contributed by atoms with E-state index in [9.17, 15) is 0 Å². The highest BCUT2D eigenvalue weighted by Crippen LogP contribution is 2.00. The van der Waals surface area contributed by atoms with Crippen LogP contribution in [0.15, 0.2) is 0 Å². The first-order valence-corrected chi connectivity index (χ1v) is 4.25. The monoisotopic (exact) mass is 202 g/mol. The van der Waals surface area contributed by atoms with E-state index in [0.29, 0.717) is 0 Å². The maximum Gasteiger partial charge on any atom is 0.0941 e. The molecule has 3 nitrogen and oxygen atoms in total. The van der Waals surface area contributed by atoms with Crippen LogP contribution in [-0.2, 0) is 4.74 Å². The topological polar surface area (TPSA) is 49.7 Å². The second-order valence-electron chi connectivity index (χ2n) is 2.07. The van der Waals surface area contributed by atoms with Gasteiger partial charge in [0.15, 0.2) is 0 Å². The van der Waals surface area contributed by atoms with Gasteiger partial charge in [0.25, 0.3) is 0 Å². The van der Waals surface area contributed by atoms with E-state index in [0.717, 1.165) is 0 Å². The Morgan fingerprint density at radius 1 is 1.27 bits per heavy atom. The van der Waals surface area contributed by atoms with Crippen LogP contribution in [0.25, 0.3) is 0 Å². The second kappa shape index (κ2) is 7.13. The third-order valence-corrected chi connectivity index (χ3v) is 1.69. The fourth-order valence-corrected chi connectivity index (χ4v) is 0.699. The van der Waals surface area contributed by atoms with Crippen molar-refractivity contribution in [3.8, 4) is 0 Å². The molecule has 0 aliphatic rings. The lowest BCUT2D eigenvalue weighted by molar-refractivity contribution is 0.0224. The molecule has 0 fully saturated rings. The highest BCUT2D eigenvalue weighted by atomic mass is 35.5. The SMILES string of the molecule is OCC(Cl)COC(CO)CCl. The van der Waals surface area contributed by atoms with E-state index in [-0.39, 0.29) is 31.8 Å². The van der Waals surface area contributed by atoms with E-state index in [1.807, 2.05) is 0 Å². The summed E-state index contributed by atoms with van der Waals surface area (Å²) in [5.74, 6) is 0.228. The number of rotatable bonds is 6. The van der Waals surface area contributed by atoms with Gasteiger partial charge < -0.3 is 14.9 Å². The average molecular weight is 203 g/mol. The molecule has 11 heavy (non-hydrogen) atoms. The molecule has 0 aromatic heterocycles. The Hall–Kier alpha value is 0.460. The van der Waals surface area contributed by atoms with E-state index in [1.54, 1.807) is 0 Å². The van der Waals surface area contributed by atoms with Crippen LogP contribution in [0, 0.1) is 0 Å². The molecule has 2 unspecified atom stereocenters. The average Bonchev–Trinajstić information content (AvgIpc) is 2.06. The Labute approximate surface area is 75.9 Å². The molecule has 2 atom stereocenters. The van der Waals surface area contributed by atoms with Gasteiger partial charge in [-0.15, -0.1) is 23.2 Å². The van der Waals surface area contributed by atoms with Gasteiger partial charge in [-0.1, -0.05) is 0 Å². The van der Waals surface area contributed by atoms with E-state index >= 15 is 0 Å². The Kier molecular flexibility index (Phi) is 7.43. The van der Waals surface area contributed by atoms with Gasteiger partial charge >= 0.3 is 0 Å². The summed E-state index contributed by atoms with van der Waals surface area (Å²) in [4.78, 5) is 0. The molecule has 68 valence electrons. The van der Waals surface area contributed by atoms with Crippen molar-refractivity contribution in [2.24, 2.45) is 0 Å². The fraction of sp³-hybridized carbons (Fsp3) is 1.00. The fourth-order valence-electron chi connectivity index (χ4n) is 0.439. The highest BCUT2D eigenvalue weighted by molar-refractivity contribution is 6.20. The van der Waals surface area contributed by atoms with Crippen LogP contribution in [0.3, 0.4) is 0 Å². The number of hydrogen-bond donors (Lipinski definition) is 2. The van der Waals surface area contributed by atoms with E-state index in [2.05, 4.69) is 0 Å². The van der Waals surface area contributed by atoms with Gasteiger partial charge in [0.05, 0.1) is 37.2 Å². The van der Waals surface area contributed by atoms with Crippen LogP contribution in [0.4, 0.5) is 0 Å². The third kappa shape index (κ3) is 5.70. The Morgan fingerprint density at radius 2 is 1.91 bits per heavy atom. The van der Waals surface area contributed by atoms with Gasteiger partial charge in [-0.05, 0) is 0 Å². The van der Waals surface area contributed by atoms with Crippen LogP contribution in [-0.4, -0.2) is 47.4 Å². The van der Waals surface area contributed by atoms with Gasteiger partial charge in [0, 0.05) is 0 Å². The highest BCUT2D eigenvalue weighted by Gasteiger charge is 2.09. The van der Waals surface area contributed by atoms with Crippen molar-refractivity contribution >= 4 is 23.2 Å². The van der Waals surface area contributed by atoms with Crippen molar-refractivity contribution in [1.82, 2.24) is 0 Å². The summed E-state index contributed by atoms with van der Waals surface area (Å²) < 4.78 is 5.02. The summed E-state index contributed by atoms with van der Waals surface area (Å²) in [6, 6.07) is 0. The zero-order valence-electron chi connectivity index (χ0n) is 6.04. The minimum Gasteiger partial charge on any atom is -0.395 e. The van der Waals surface area contributed by atoms with E-state index in [4.69, 9.17) is 38.2 Å². The molecule has 0 saturated carbocycles. The first-order chi connectivity index (χ1) is 5.24. The lowest BCUT2D eigenvalue weighted by Gasteiger charge is -2.13. The summed E-state index contributed by atoms with van der Waals surface area (Å²) in [5, 5.41) is 16.7. The van der Waals surface area contributed by atoms with Gasteiger partial charge in [-0.25, -0.2) is 0 Å². The number of aliphatic hydroxyl groups is 2. The van der Waals surface area contributed by atoms with Crippen molar-refractivity contribution in [3.63, 3.8) is 0 Å². The lowest BCUT2D eigenvalue weighted by Crippen LogP contribution is -2.24. The van der Waals surface area contributed by atoms with Crippen LogP contribution < -0.4 is 0 Å². The minimum absolute atomic E-state index is 0.126. The van der Waals surface area contributed by atoms with Crippen molar-refractivity contribution in [2.75, 3.05) is 25.7 Å². The zero-order valence-corrected chi connectivity index (χ0v) is 7.55. The molecule has 0 amide bonds. The predicted octanol–water partition coefficient (Wildman–Crippen LogP) is 0.202. The number of halogens is 2. The first kappa shape index (κ1) is 11.5. The number of ether oxygens (including phenoxy) is 1. The third-order valence-electron chi connectivity index (χ3n) is 1.09. The van der Waals surface area contributed by atoms with E-state index in [1.165, 1.54) is 0 Å². The summed E-state index contributed by atoms with van der Waals surface area (Å²) in [6.07, 6.45) is -0.385. The van der Waals surface area contributed by atoms with Crippen LogP contribution in [0.1, 0.15) is 0 Å². The van der Waals surface area contributed by atoms with Crippen LogP contribution in [0.2, 0.25) is 0 Å². The van der Waals surface area contributed by atoms with Crippen molar-refractivity contribution in [1.29, 1.82) is 0 Å². The zero-order chi connectivity index (χ0) is 8.69. The minimum atomic E-state index is -0.424. The molecule has 0 rings (SSSR count). The predicted molar refractivity (Wildman–Crippen MR) is 44.3 cm³/mol. The van der Waals surface area contributed by atoms with Crippen molar-refractivity contribution in [2.45, 2.75) is 11.5 Å². The quantitative estimate of drug-likeness (QED) is 0.606. The van der Waals surface area contributed by atoms with Gasteiger partial charge in [0.1, 0.15) is 0 Å². The molecule has 0 saturated heterocycles. The Balaban J connectivity index is 3.34. The summed E-state index contributed by atoms with van der Waals surface area (Å²) in [6.45, 7) is -0.0590. The number of alkyl halides is 2. The van der Waals surface area contributed by atoms with Gasteiger partial charge in [0.2, 0.25) is 0 Å². The first-order valence-electron chi connectivity index (χ1n) is 3.28. The molecule has 0 aromatic rings. The van der Waals surface area contributed by atoms with Crippen molar-refractivity contribution < 1.29 is 14.9 Å². The number of aliphatic hydroxyl groups excluding tert-OH is 2. The second-order valence-corrected chi connectivity index (χ2v) is 3.00. The van der Waals surface area contributed by atoms with Crippen LogP contribution >= 0.6 is 23.2 Å². The summed E-state index contributed by atoms with van der Waals surface area (Å²) in [7, 11) is 0. The molecule has 0 bridgehead atoms. The summed E-state index contributed by atoms with van der Waals surface area (Å²) in [5.41, 5.74) is 0. The maximum absolute atomic E-state index is 8.60. The Bertz CT molecular complexity index is 87.9. The smallest absolute Gasteiger partial charge is 0.0941 e. The van der Waals surface area contributed by atoms with Gasteiger partial charge in [-0.2, -0.15) is 0 Å². The molecule has 0 radical (unpaired) electrons. The molecule has 0 heterocycles. The molecule has 0 aliphatic carbocycles. The normalized spacial score (nSPS) is 16.4. The van der Waals surface area contributed by atoms with Gasteiger partial charge in [-0.3, -0.25) is 0 Å². The van der Waals surface area contributed by atoms with Crippen molar-refractivity contribution in [3.05, 3.63) is 0 Å². The molecular formula is C6H12Cl2O3. The van der Waals surface area contributed by atoms with Crippen LogP contribution in [0.5, 0.6) is 0 Å². The lowest BCUT2D eigenvalue weighted by atomic mass is 10.4.